The van der Waals surface area contributed by atoms with Crippen LogP contribution in [0.1, 0.15) is 10.4 Å². The minimum Gasteiger partial charge on any atom is -0.321 e. The molecule has 0 saturated heterocycles. The van der Waals surface area contributed by atoms with E-state index in [0.717, 1.165) is 6.07 Å². The van der Waals surface area contributed by atoms with E-state index < -0.39 is 5.82 Å². The van der Waals surface area contributed by atoms with Gasteiger partial charge in [0.2, 0.25) is 0 Å². The van der Waals surface area contributed by atoms with E-state index in [-0.39, 0.29) is 10.9 Å². The van der Waals surface area contributed by atoms with E-state index in [1.165, 1.54) is 18.3 Å². The van der Waals surface area contributed by atoms with Crippen LogP contribution in [0.2, 0.25) is 5.02 Å². The Morgan fingerprint density at radius 3 is 2.72 bits per heavy atom. The summed E-state index contributed by atoms with van der Waals surface area (Å²) in [6, 6.07) is 7.03. The molecule has 0 aliphatic carbocycles. The van der Waals surface area contributed by atoms with Gasteiger partial charge in [-0.15, -0.1) is 0 Å². The van der Waals surface area contributed by atoms with Crippen molar-refractivity contribution in [3.05, 3.63) is 57.5 Å². The molecule has 0 aliphatic rings. The molecule has 0 bridgehead atoms. The maximum absolute atomic E-state index is 12.8. The lowest BCUT2D eigenvalue weighted by Gasteiger charge is -2.07. The number of amides is 1. The normalized spacial score (nSPS) is 10.2. The SMILES string of the molecule is O=C(Nc1ccc(F)cc1Cl)c1ccc(Br)nc1. The van der Waals surface area contributed by atoms with Crippen molar-refractivity contribution in [3.63, 3.8) is 0 Å². The predicted molar refractivity (Wildman–Crippen MR) is 71.3 cm³/mol. The molecule has 2 aromatic rings. The molecule has 1 heterocycles. The summed E-state index contributed by atoms with van der Waals surface area (Å²) in [6.07, 6.45) is 1.43. The highest BCUT2D eigenvalue weighted by molar-refractivity contribution is 9.10. The zero-order chi connectivity index (χ0) is 13.1. The van der Waals surface area contributed by atoms with Crippen molar-refractivity contribution in [2.45, 2.75) is 0 Å². The Bertz CT molecular complexity index is 589. The largest absolute Gasteiger partial charge is 0.321 e. The van der Waals surface area contributed by atoms with Crippen molar-refractivity contribution >= 4 is 39.1 Å². The van der Waals surface area contributed by atoms with Gasteiger partial charge in [-0.05, 0) is 46.3 Å². The number of nitrogens with zero attached hydrogens (tertiary/aromatic N) is 1. The van der Waals surface area contributed by atoms with Gasteiger partial charge in [0, 0.05) is 6.20 Å². The molecule has 0 unspecified atom stereocenters. The molecule has 0 fully saturated rings. The van der Waals surface area contributed by atoms with Gasteiger partial charge in [-0.1, -0.05) is 11.6 Å². The minimum absolute atomic E-state index is 0.147. The van der Waals surface area contributed by atoms with E-state index in [1.54, 1.807) is 12.1 Å². The number of aromatic nitrogens is 1. The first-order chi connectivity index (χ1) is 8.56. The van der Waals surface area contributed by atoms with Crippen LogP contribution in [0.25, 0.3) is 0 Å². The van der Waals surface area contributed by atoms with E-state index >= 15 is 0 Å². The van der Waals surface area contributed by atoms with E-state index in [2.05, 4.69) is 26.2 Å². The Kier molecular flexibility index (Phi) is 3.93. The van der Waals surface area contributed by atoms with E-state index in [0.29, 0.717) is 15.9 Å². The fraction of sp³-hybridized carbons (Fsp3) is 0. The van der Waals surface area contributed by atoms with Crippen LogP contribution in [-0.2, 0) is 0 Å². The van der Waals surface area contributed by atoms with Gasteiger partial charge < -0.3 is 5.32 Å². The molecule has 0 atom stereocenters. The van der Waals surface area contributed by atoms with Gasteiger partial charge in [0.05, 0.1) is 16.3 Å². The van der Waals surface area contributed by atoms with Crippen LogP contribution in [0.15, 0.2) is 41.1 Å². The summed E-state index contributed by atoms with van der Waals surface area (Å²) < 4.78 is 13.5. The highest BCUT2D eigenvalue weighted by Gasteiger charge is 2.09. The topological polar surface area (TPSA) is 42.0 Å². The molecule has 2 rings (SSSR count). The second-order valence-corrected chi connectivity index (χ2v) is 4.67. The lowest BCUT2D eigenvalue weighted by molar-refractivity contribution is 0.102. The predicted octanol–water partition coefficient (Wildman–Crippen LogP) is 3.89. The minimum atomic E-state index is -0.455. The molecule has 0 spiro atoms. The first-order valence-corrected chi connectivity index (χ1v) is 6.11. The number of halogens is 3. The first-order valence-electron chi connectivity index (χ1n) is 4.94. The number of pyridine rings is 1. The Labute approximate surface area is 116 Å². The molecule has 1 amide bonds. The summed E-state index contributed by atoms with van der Waals surface area (Å²) in [5.74, 6) is -0.813. The van der Waals surface area contributed by atoms with Gasteiger partial charge in [0.15, 0.2) is 0 Å². The number of nitrogens with one attached hydrogen (secondary N) is 1. The number of hydrogen-bond acceptors (Lipinski definition) is 2. The second kappa shape index (κ2) is 5.46. The number of anilines is 1. The first kappa shape index (κ1) is 13.0. The van der Waals surface area contributed by atoms with Crippen molar-refractivity contribution in [3.8, 4) is 0 Å². The summed E-state index contributed by atoms with van der Waals surface area (Å²) in [7, 11) is 0. The molecule has 0 radical (unpaired) electrons. The van der Waals surface area contributed by atoms with Crippen molar-refractivity contribution in [2.75, 3.05) is 5.32 Å². The van der Waals surface area contributed by atoms with E-state index in [1.807, 2.05) is 0 Å². The fourth-order valence-electron chi connectivity index (χ4n) is 1.30. The molecule has 0 saturated carbocycles. The van der Waals surface area contributed by atoms with E-state index in [9.17, 15) is 9.18 Å². The van der Waals surface area contributed by atoms with Crippen LogP contribution in [0.3, 0.4) is 0 Å². The molecule has 1 aromatic carbocycles. The van der Waals surface area contributed by atoms with Crippen molar-refractivity contribution in [1.29, 1.82) is 0 Å². The third-order valence-electron chi connectivity index (χ3n) is 2.17. The Hall–Kier alpha value is -1.46. The standard InChI is InChI=1S/C12H7BrClFN2O/c13-11-4-1-7(6-16-11)12(18)17-10-3-2-8(15)5-9(10)14/h1-6H,(H,17,18). The van der Waals surface area contributed by atoms with Gasteiger partial charge in [0.1, 0.15) is 10.4 Å². The quantitative estimate of drug-likeness (QED) is 0.849. The zero-order valence-corrected chi connectivity index (χ0v) is 11.3. The van der Waals surface area contributed by atoms with Crippen LogP contribution >= 0.6 is 27.5 Å². The molecule has 0 aliphatic heterocycles. The van der Waals surface area contributed by atoms with Crippen LogP contribution in [0, 0.1) is 5.82 Å². The van der Waals surface area contributed by atoms with Crippen LogP contribution in [-0.4, -0.2) is 10.9 Å². The average Bonchev–Trinajstić information content (AvgIpc) is 2.33. The van der Waals surface area contributed by atoms with Gasteiger partial charge in [-0.25, -0.2) is 9.37 Å². The second-order valence-electron chi connectivity index (χ2n) is 3.45. The molecule has 1 aromatic heterocycles. The van der Waals surface area contributed by atoms with Crippen LogP contribution < -0.4 is 5.32 Å². The Morgan fingerprint density at radius 2 is 2.11 bits per heavy atom. The lowest BCUT2D eigenvalue weighted by Crippen LogP contribution is -2.12. The molecule has 3 nitrogen and oxygen atoms in total. The molecule has 92 valence electrons. The maximum atomic E-state index is 12.8. The van der Waals surface area contributed by atoms with Crippen molar-refractivity contribution in [1.82, 2.24) is 4.98 Å². The van der Waals surface area contributed by atoms with E-state index in [4.69, 9.17) is 11.6 Å². The summed E-state index contributed by atoms with van der Waals surface area (Å²) in [5, 5.41) is 2.73. The third-order valence-corrected chi connectivity index (χ3v) is 2.95. The number of carbonyl (C=O) groups excluding carboxylic acids is 1. The number of rotatable bonds is 2. The number of benzene rings is 1. The highest BCUT2D eigenvalue weighted by Crippen LogP contribution is 2.23. The Balaban J connectivity index is 2.18. The lowest BCUT2D eigenvalue weighted by atomic mass is 10.2. The average molecular weight is 330 g/mol. The molecule has 6 heteroatoms. The van der Waals surface area contributed by atoms with Crippen molar-refractivity contribution < 1.29 is 9.18 Å². The van der Waals surface area contributed by atoms with Gasteiger partial charge in [0.25, 0.3) is 5.91 Å². The molecular weight excluding hydrogens is 322 g/mol. The number of hydrogen-bond donors (Lipinski definition) is 1. The summed E-state index contributed by atoms with van der Waals surface area (Å²) in [5.41, 5.74) is 0.740. The molecule has 18 heavy (non-hydrogen) atoms. The molecular formula is C12H7BrClFN2O. The summed E-state index contributed by atoms with van der Waals surface area (Å²) in [6.45, 7) is 0. The van der Waals surface area contributed by atoms with Gasteiger partial charge >= 0.3 is 0 Å². The van der Waals surface area contributed by atoms with Crippen molar-refractivity contribution in [2.24, 2.45) is 0 Å². The fourth-order valence-corrected chi connectivity index (χ4v) is 1.74. The Morgan fingerprint density at radius 1 is 1.33 bits per heavy atom. The monoisotopic (exact) mass is 328 g/mol. The van der Waals surface area contributed by atoms with Gasteiger partial charge in [-0.2, -0.15) is 0 Å². The maximum Gasteiger partial charge on any atom is 0.257 e. The van der Waals surface area contributed by atoms with Gasteiger partial charge in [-0.3, -0.25) is 4.79 Å². The van der Waals surface area contributed by atoms with Crippen LogP contribution in [0.4, 0.5) is 10.1 Å². The zero-order valence-electron chi connectivity index (χ0n) is 8.95. The van der Waals surface area contributed by atoms with Crippen LogP contribution in [0.5, 0.6) is 0 Å². The highest BCUT2D eigenvalue weighted by atomic mass is 79.9. The third kappa shape index (κ3) is 3.05. The molecule has 1 N–H and O–H groups in total. The summed E-state index contributed by atoms with van der Waals surface area (Å²) in [4.78, 5) is 15.8. The number of carbonyl (C=O) groups is 1. The summed E-state index contributed by atoms with van der Waals surface area (Å²) >= 11 is 8.98. The smallest absolute Gasteiger partial charge is 0.257 e.